The van der Waals surface area contributed by atoms with Crippen LogP contribution in [-0.4, -0.2) is 131 Å². The van der Waals surface area contributed by atoms with Crippen molar-refractivity contribution in [3.8, 4) is 11.3 Å². The van der Waals surface area contributed by atoms with Gasteiger partial charge in [0.05, 0.1) is 29.8 Å². The van der Waals surface area contributed by atoms with Crippen molar-refractivity contribution in [2.75, 3.05) is 34.9 Å². The molecule has 2 aromatic rings. The Kier molecular flexibility index (Phi) is 16.1. The number of hydrogen-bond donors (Lipinski definition) is 3. The molecule has 11 atom stereocenters. The molecule has 16 heteroatoms. The summed E-state index contributed by atoms with van der Waals surface area (Å²) in [5.74, 6) is -4.70. The first-order chi connectivity index (χ1) is 26.9. The molecule has 4 rings (SSSR count). The Morgan fingerprint density at radius 2 is 1.86 bits per heavy atom. The molecule has 57 heavy (non-hydrogen) atoms. The summed E-state index contributed by atoms with van der Waals surface area (Å²) < 4.78 is 32.0. The van der Waals surface area contributed by atoms with Crippen LogP contribution in [0.25, 0.3) is 11.3 Å². The second-order valence-electron chi connectivity index (χ2n) is 16.0. The number of carbonyl (C=O) groups is 4. The third-order valence-corrected chi connectivity index (χ3v) is 11.1. The number of unbranched alkanes of at least 4 members (excludes halogenated alkanes) is 1. The fourth-order valence-electron chi connectivity index (χ4n) is 7.55. The lowest BCUT2D eigenvalue weighted by atomic mass is 9.77. The van der Waals surface area contributed by atoms with Crippen molar-refractivity contribution in [1.82, 2.24) is 30.1 Å². The monoisotopic (exact) mass is 798 g/mol. The molecule has 1 fully saturated rings. The summed E-state index contributed by atoms with van der Waals surface area (Å²) in [6.45, 7) is 11.0. The van der Waals surface area contributed by atoms with Gasteiger partial charge in [0.1, 0.15) is 17.6 Å². The van der Waals surface area contributed by atoms with Gasteiger partial charge in [0.15, 0.2) is 17.9 Å². The molecule has 0 spiro atoms. The number of aryl methyl sites for hydroxylation is 1. The number of aliphatic hydroxyl groups excluding tert-OH is 1. The lowest BCUT2D eigenvalue weighted by Crippen LogP contribution is -2.59. The number of allylic oxidation sites excluding steroid dienone is 1. The predicted octanol–water partition coefficient (Wildman–Crippen LogP) is 3.52. The Morgan fingerprint density at radius 1 is 1.12 bits per heavy atom. The number of amides is 2. The molecule has 0 aliphatic carbocycles. The summed E-state index contributed by atoms with van der Waals surface area (Å²) in [6.07, 6.45) is 7.07. The van der Waals surface area contributed by atoms with Gasteiger partial charge in [0.2, 0.25) is 6.29 Å². The lowest BCUT2D eigenvalue weighted by Gasteiger charge is -2.46. The molecule has 2 aliphatic rings. The van der Waals surface area contributed by atoms with Crippen LogP contribution in [0.1, 0.15) is 67.2 Å². The average molecular weight is 799 g/mol. The standard InChI is InChI=1S/C41H62N6O10/c1-25-21-41(6,54-10)35(56-37-34(50)31(46(7)8)20-26(2)55-37)27(3)33(49)28(4)36(51)57-38(53-9)40(5,16-15-32(25)48)45-39(52)43-18-11-12-19-47-23-30(44-24-47)29-14-13-17-42-22-29/h13-17,22-28,31,34-35,37-38,50H,11-12,18-21H2,1-10H3,(H2,43,45,52)/b16-15+/t25?,26-,27+,28-,31+,34-,35-,37?,38-,40+,41+/m1/s1. The maximum Gasteiger partial charge on any atom is 0.318 e. The van der Waals surface area contributed by atoms with Gasteiger partial charge in [0, 0.05) is 69.3 Å². The molecule has 2 amide bonds. The van der Waals surface area contributed by atoms with E-state index >= 15 is 0 Å². The molecule has 0 radical (unpaired) electrons. The minimum Gasteiger partial charge on any atom is -0.432 e. The van der Waals surface area contributed by atoms with Crippen molar-refractivity contribution in [3.05, 3.63) is 49.2 Å². The van der Waals surface area contributed by atoms with Gasteiger partial charge in [-0.15, -0.1) is 0 Å². The molecule has 1 saturated heterocycles. The second kappa shape index (κ2) is 20.1. The number of urea groups is 1. The van der Waals surface area contributed by atoms with Gasteiger partial charge in [-0.3, -0.25) is 19.4 Å². The number of esters is 1. The van der Waals surface area contributed by atoms with Crippen LogP contribution in [0.15, 0.2) is 49.2 Å². The molecule has 2 aromatic heterocycles. The van der Waals surface area contributed by atoms with Crippen molar-refractivity contribution in [2.45, 2.75) is 122 Å². The SMILES string of the molecule is CO[C@@H]1OC(=O)[C@H](C)C(=O)[C@H](C)[C@@H](OC2O[C@H](C)C[C@H](N(C)C)[C@H]2O)[C@@](C)(OC)CC(C)C(=O)/C=C/[C@]1(C)NC(=O)NCCCCn1cnc(-c2cccnc2)c1. The zero-order valence-electron chi connectivity index (χ0n) is 35.0. The predicted molar refractivity (Wildman–Crippen MR) is 211 cm³/mol. The van der Waals surface area contributed by atoms with Crippen LogP contribution in [0, 0.1) is 17.8 Å². The smallest absolute Gasteiger partial charge is 0.318 e. The van der Waals surface area contributed by atoms with Gasteiger partial charge in [-0.05, 0) is 91.8 Å². The maximum absolute atomic E-state index is 14.2. The number of rotatable bonds is 12. The minimum atomic E-state index is -1.54. The van der Waals surface area contributed by atoms with E-state index in [1.807, 2.05) is 48.8 Å². The Morgan fingerprint density at radius 3 is 2.51 bits per heavy atom. The molecular formula is C41H62N6O10. The van der Waals surface area contributed by atoms with E-state index in [2.05, 4.69) is 20.6 Å². The number of aliphatic hydroxyl groups is 1. The molecule has 3 N–H and O–H groups in total. The fraction of sp³-hybridized carbons (Fsp3) is 0.659. The number of hydrogen-bond acceptors (Lipinski definition) is 13. The van der Waals surface area contributed by atoms with E-state index < -0.39 is 71.5 Å². The maximum atomic E-state index is 14.2. The van der Waals surface area contributed by atoms with Crippen molar-refractivity contribution in [2.24, 2.45) is 17.8 Å². The third kappa shape index (κ3) is 11.5. The summed E-state index contributed by atoms with van der Waals surface area (Å²) in [4.78, 5) is 65.4. The molecule has 16 nitrogen and oxygen atoms in total. The second-order valence-corrected chi connectivity index (χ2v) is 16.0. The van der Waals surface area contributed by atoms with Gasteiger partial charge < -0.3 is 48.9 Å². The highest BCUT2D eigenvalue weighted by atomic mass is 16.7. The van der Waals surface area contributed by atoms with Crippen LogP contribution in [0.4, 0.5) is 4.79 Å². The Balaban J connectivity index is 1.50. The molecule has 316 valence electrons. The zero-order chi connectivity index (χ0) is 42.1. The first kappa shape index (κ1) is 45.6. The molecular weight excluding hydrogens is 736 g/mol. The van der Waals surface area contributed by atoms with Crippen molar-refractivity contribution >= 4 is 23.6 Å². The van der Waals surface area contributed by atoms with Crippen molar-refractivity contribution in [3.63, 3.8) is 0 Å². The van der Waals surface area contributed by atoms with E-state index in [-0.39, 0.29) is 24.3 Å². The first-order valence-corrected chi connectivity index (χ1v) is 19.6. The Labute approximate surface area is 336 Å². The summed E-state index contributed by atoms with van der Waals surface area (Å²) in [7, 11) is 6.48. The average Bonchev–Trinajstić information content (AvgIpc) is 3.66. The molecule has 0 aromatic carbocycles. The summed E-state index contributed by atoms with van der Waals surface area (Å²) in [6, 6.07) is 2.94. The number of ether oxygens (including phenoxy) is 5. The molecule has 0 saturated carbocycles. The van der Waals surface area contributed by atoms with E-state index in [0.717, 1.165) is 17.7 Å². The van der Waals surface area contributed by atoms with Crippen LogP contribution in [0.2, 0.25) is 0 Å². The Bertz CT molecular complexity index is 1690. The van der Waals surface area contributed by atoms with Gasteiger partial charge in [-0.1, -0.05) is 13.8 Å². The van der Waals surface area contributed by atoms with Gasteiger partial charge in [0.25, 0.3) is 0 Å². The number of nitrogens with zero attached hydrogens (tertiary/aromatic N) is 4. The minimum absolute atomic E-state index is 0.103. The lowest BCUT2D eigenvalue weighted by molar-refractivity contribution is -0.295. The zero-order valence-corrected chi connectivity index (χ0v) is 35.0. The van der Waals surface area contributed by atoms with Gasteiger partial charge >= 0.3 is 12.0 Å². The van der Waals surface area contributed by atoms with Gasteiger partial charge in [-0.2, -0.15) is 0 Å². The van der Waals surface area contributed by atoms with Crippen LogP contribution in [0.3, 0.4) is 0 Å². The summed E-state index contributed by atoms with van der Waals surface area (Å²) in [5, 5.41) is 17.0. The number of imidazole rings is 1. The number of methoxy groups -OCH3 is 2. The van der Waals surface area contributed by atoms with Gasteiger partial charge in [-0.25, -0.2) is 9.78 Å². The number of likely N-dealkylation sites (N-methyl/N-ethyl adjacent to an activating group) is 1. The number of carbonyl (C=O) groups excluding carboxylic acids is 4. The number of pyridine rings is 1. The van der Waals surface area contributed by atoms with Crippen LogP contribution in [0.5, 0.6) is 0 Å². The fourth-order valence-corrected chi connectivity index (χ4v) is 7.55. The first-order valence-electron chi connectivity index (χ1n) is 19.6. The molecule has 2 unspecified atom stereocenters. The number of nitrogens with one attached hydrogen (secondary N) is 2. The normalized spacial score (nSPS) is 33.7. The van der Waals surface area contributed by atoms with Crippen LogP contribution in [-0.2, 0) is 44.6 Å². The number of aromatic nitrogens is 3. The van der Waals surface area contributed by atoms with Crippen molar-refractivity contribution in [1.29, 1.82) is 0 Å². The van der Waals surface area contributed by atoms with Crippen LogP contribution >= 0.6 is 0 Å². The quantitative estimate of drug-likeness (QED) is 0.161. The highest BCUT2D eigenvalue weighted by Crippen LogP contribution is 2.37. The highest BCUT2D eigenvalue weighted by Gasteiger charge is 2.50. The number of Topliss-reactive ketones (excluding diaryl/α,β-unsaturated/α-hetero) is 1. The summed E-state index contributed by atoms with van der Waals surface area (Å²) >= 11 is 0. The van der Waals surface area contributed by atoms with Crippen LogP contribution < -0.4 is 10.6 Å². The summed E-state index contributed by atoms with van der Waals surface area (Å²) in [5.41, 5.74) is -1.05. The highest BCUT2D eigenvalue weighted by molar-refractivity contribution is 6.00. The van der Waals surface area contributed by atoms with E-state index in [1.165, 1.54) is 33.3 Å². The van der Waals surface area contributed by atoms with E-state index in [4.69, 9.17) is 23.7 Å². The van der Waals surface area contributed by atoms with E-state index in [0.29, 0.717) is 25.9 Å². The Hall–Kier alpha value is -4.06. The molecule has 4 heterocycles. The topological polar surface area (TPSA) is 193 Å². The molecule has 2 aliphatic heterocycles. The number of cyclic esters (lactones) is 1. The van der Waals surface area contributed by atoms with Crippen molar-refractivity contribution < 1.29 is 48.0 Å². The molecule has 0 bridgehead atoms. The van der Waals surface area contributed by atoms with E-state index in [9.17, 15) is 24.3 Å². The largest absolute Gasteiger partial charge is 0.432 e. The third-order valence-electron chi connectivity index (χ3n) is 11.1. The van der Waals surface area contributed by atoms with E-state index in [1.54, 1.807) is 46.4 Å². The number of ketones is 2.